The molecule has 1 aliphatic carbocycles. The molecule has 84 valence electrons. The van der Waals surface area contributed by atoms with Crippen LogP contribution >= 0.6 is 0 Å². The van der Waals surface area contributed by atoms with Gasteiger partial charge in [0.2, 0.25) is 5.91 Å². The number of rotatable bonds is 1. The van der Waals surface area contributed by atoms with Crippen molar-refractivity contribution in [1.29, 1.82) is 0 Å². The van der Waals surface area contributed by atoms with Gasteiger partial charge in [-0.05, 0) is 50.3 Å². The Kier molecular flexibility index (Phi) is 1.82. The Balaban J connectivity index is 2.02. The largest absolute Gasteiger partial charge is 0.370 e. The van der Waals surface area contributed by atoms with Crippen molar-refractivity contribution in [2.24, 2.45) is 5.92 Å². The van der Waals surface area contributed by atoms with Crippen molar-refractivity contribution in [2.75, 3.05) is 10.6 Å². The Morgan fingerprint density at radius 1 is 1.31 bits per heavy atom. The zero-order valence-electron chi connectivity index (χ0n) is 9.63. The lowest BCUT2D eigenvalue weighted by Gasteiger charge is -2.36. The van der Waals surface area contributed by atoms with E-state index in [4.69, 9.17) is 0 Å². The molecule has 1 aromatic rings. The van der Waals surface area contributed by atoms with Gasteiger partial charge in [0.1, 0.15) is 5.54 Å². The Hall–Kier alpha value is -1.51. The van der Waals surface area contributed by atoms with E-state index >= 15 is 0 Å². The summed E-state index contributed by atoms with van der Waals surface area (Å²) in [6.45, 7) is 4.07. The van der Waals surface area contributed by atoms with E-state index in [0.29, 0.717) is 5.92 Å². The molecule has 3 nitrogen and oxygen atoms in total. The molecule has 1 atom stereocenters. The summed E-state index contributed by atoms with van der Waals surface area (Å²) in [6.07, 6.45) is 2.30. The minimum absolute atomic E-state index is 0.103. The highest BCUT2D eigenvalue weighted by Crippen LogP contribution is 2.45. The van der Waals surface area contributed by atoms with Gasteiger partial charge < -0.3 is 10.6 Å². The molecule has 0 saturated heterocycles. The van der Waals surface area contributed by atoms with Gasteiger partial charge in [-0.15, -0.1) is 0 Å². The van der Waals surface area contributed by atoms with Crippen LogP contribution in [-0.2, 0) is 4.79 Å². The van der Waals surface area contributed by atoms with Crippen molar-refractivity contribution in [2.45, 2.75) is 32.2 Å². The molecule has 0 aromatic heterocycles. The molecule has 1 aliphatic heterocycles. The van der Waals surface area contributed by atoms with E-state index in [-0.39, 0.29) is 5.91 Å². The van der Waals surface area contributed by atoms with E-state index < -0.39 is 5.54 Å². The standard InChI is InChI=1S/C13H16N2O/c1-8-3-6-10-11(7-8)15-13(2,9-4-5-9)12(16)14-10/h3,6-7,9,15H,4-5H2,1-2H3,(H,14,16). The second-order valence-electron chi connectivity index (χ2n) is 5.10. The number of carbonyl (C=O) groups is 1. The monoisotopic (exact) mass is 216 g/mol. The topological polar surface area (TPSA) is 41.1 Å². The summed E-state index contributed by atoms with van der Waals surface area (Å²) in [5.74, 6) is 0.590. The third-order valence-corrected chi connectivity index (χ3v) is 3.68. The van der Waals surface area contributed by atoms with Crippen molar-refractivity contribution in [1.82, 2.24) is 0 Å². The lowest BCUT2D eigenvalue weighted by molar-refractivity contribution is -0.120. The summed E-state index contributed by atoms with van der Waals surface area (Å²) in [4.78, 5) is 12.1. The third-order valence-electron chi connectivity index (χ3n) is 3.68. The predicted octanol–water partition coefficient (Wildman–Crippen LogP) is 2.53. The van der Waals surface area contributed by atoms with Crippen LogP contribution in [0.3, 0.4) is 0 Å². The highest BCUT2D eigenvalue weighted by Gasteiger charge is 2.49. The molecule has 1 aromatic carbocycles. The summed E-state index contributed by atoms with van der Waals surface area (Å²) in [5.41, 5.74) is 2.74. The van der Waals surface area contributed by atoms with Crippen molar-refractivity contribution in [3.63, 3.8) is 0 Å². The third kappa shape index (κ3) is 1.31. The Labute approximate surface area is 95.2 Å². The van der Waals surface area contributed by atoms with Gasteiger partial charge >= 0.3 is 0 Å². The van der Waals surface area contributed by atoms with Crippen molar-refractivity contribution in [3.8, 4) is 0 Å². The van der Waals surface area contributed by atoms with Gasteiger partial charge in [0, 0.05) is 0 Å². The first-order valence-electron chi connectivity index (χ1n) is 5.80. The number of anilines is 2. The van der Waals surface area contributed by atoms with Gasteiger partial charge in [-0.25, -0.2) is 0 Å². The highest BCUT2D eigenvalue weighted by atomic mass is 16.2. The van der Waals surface area contributed by atoms with Gasteiger partial charge in [0.25, 0.3) is 0 Å². The van der Waals surface area contributed by atoms with Crippen molar-refractivity contribution in [3.05, 3.63) is 23.8 Å². The number of hydrogen-bond donors (Lipinski definition) is 2. The molecule has 1 unspecified atom stereocenters. The summed E-state index contributed by atoms with van der Waals surface area (Å²) < 4.78 is 0. The van der Waals surface area contributed by atoms with Crippen molar-refractivity contribution >= 4 is 17.3 Å². The van der Waals surface area contributed by atoms with Crippen LogP contribution in [0, 0.1) is 12.8 Å². The van der Waals surface area contributed by atoms with Crippen LogP contribution in [0.2, 0.25) is 0 Å². The average Bonchev–Trinajstić information content (AvgIpc) is 3.04. The number of amides is 1. The number of benzene rings is 1. The number of fused-ring (bicyclic) bond motifs is 1. The lowest BCUT2D eigenvalue weighted by atomic mass is 9.91. The molecule has 16 heavy (non-hydrogen) atoms. The van der Waals surface area contributed by atoms with Gasteiger partial charge in [-0.3, -0.25) is 4.79 Å². The first-order chi connectivity index (χ1) is 7.59. The second-order valence-corrected chi connectivity index (χ2v) is 5.10. The van der Waals surface area contributed by atoms with E-state index in [1.165, 1.54) is 5.56 Å². The maximum absolute atomic E-state index is 12.1. The van der Waals surface area contributed by atoms with Crippen LogP contribution in [0.25, 0.3) is 0 Å². The van der Waals surface area contributed by atoms with E-state index in [0.717, 1.165) is 24.2 Å². The van der Waals surface area contributed by atoms with Gasteiger partial charge in [0.05, 0.1) is 11.4 Å². The number of carbonyl (C=O) groups excluding carboxylic acids is 1. The van der Waals surface area contributed by atoms with Crippen LogP contribution in [0.1, 0.15) is 25.3 Å². The molecule has 1 amide bonds. The molecule has 1 fully saturated rings. The van der Waals surface area contributed by atoms with Gasteiger partial charge in [-0.1, -0.05) is 6.07 Å². The molecule has 2 N–H and O–H groups in total. The molecular formula is C13H16N2O. The summed E-state index contributed by atoms with van der Waals surface area (Å²) in [7, 11) is 0. The maximum Gasteiger partial charge on any atom is 0.250 e. The molecular weight excluding hydrogens is 200 g/mol. The van der Waals surface area contributed by atoms with Crippen LogP contribution in [-0.4, -0.2) is 11.4 Å². The molecule has 3 heteroatoms. The number of hydrogen-bond acceptors (Lipinski definition) is 2. The second kappa shape index (κ2) is 3.00. The molecule has 0 bridgehead atoms. The van der Waals surface area contributed by atoms with Crippen LogP contribution < -0.4 is 10.6 Å². The minimum Gasteiger partial charge on any atom is -0.370 e. The fourth-order valence-electron chi connectivity index (χ4n) is 2.41. The first-order valence-corrected chi connectivity index (χ1v) is 5.80. The quantitative estimate of drug-likeness (QED) is 0.757. The van der Waals surface area contributed by atoms with E-state index in [1.807, 2.05) is 19.1 Å². The molecule has 1 saturated carbocycles. The van der Waals surface area contributed by atoms with Crippen molar-refractivity contribution < 1.29 is 4.79 Å². The maximum atomic E-state index is 12.1. The predicted molar refractivity (Wildman–Crippen MR) is 64.6 cm³/mol. The fraction of sp³-hybridized carbons (Fsp3) is 0.462. The summed E-state index contributed by atoms with van der Waals surface area (Å²) in [6, 6.07) is 6.07. The summed E-state index contributed by atoms with van der Waals surface area (Å²) >= 11 is 0. The van der Waals surface area contributed by atoms with Gasteiger partial charge in [-0.2, -0.15) is 0 Å². The number of aryl methyl sites for hydroxylation is 1. The zero-order chi connectivity index (χ0) is 11.3. The average molecular weight is 216 g/mol. The first kappa shape index (κ1) is 9.70. The van der Waals surface area contributed by atoms with Crippen LogP contribution in [0.5, 0.6) is 0 Å². The smallest absolute Gasteiger partial charge is 0.250 e. The summed E-state index contributed by atoms with van der Waals surface area (Å²) in [5, 5.41) is 6.41. The van der Waals surface area contributed by atoms with Gasteiger partial charge in [0.15, 0.2) is 0 Å². The Morgan fingerprint density at radius 3 is 2.75 bits per heavy atom. The number of nitrogens with one attached hydrogen (secondary N) is 2. The normalized spacial score (nSPS) is 28.0. The van der Waals surface area contributed by atoms with E-state index in [9.17, 15) is 4.79 Å². The molecule has 0 spiro atoms. The SMILES string of the molecule is Cc1ccc2c(c1)NC(C)(C1CC1)C(=O)N2. The lowest BCUT2D eigenvalue weighted by Crippen LogP contribution is -2.51. The van der Waals surface area contributed by atoms with Crippen LogP contribution in [0.15, 0.2) is 18.2 Å². The zero-order valence-corrected chi connectivity index (χ0v) is 9.63. The van der Waals surface area contributed by atoms with Crippen LogP contribution in [0.4, 0.5) is 11.4 Å². The molecule has 2 aliphatic rings. The minimum atomic E-state index is -0.416. The molecule has 1 heterocycles. The highest BCUT2D eigenvalue weighted by molar-refractivity contribution is 6.06. The van der Waals surface area contributed by atoms with E-state index in [1.54, 1.807) is 0 Å². The Morgan fingerprint density at radius 2 is 2.06 bits per heavy atom. The molecule has 3 rings (SSSR count). The fourth-order valence-corrected chi connectivity index (χ4v) is 2.41. The Bertz CT molecular complexity index is 465. The van der Waals surface area contributed by atoms with E-state index in [2.05, 4.69) is 23.6 Å². The molecule has 0 radical (unpaired) electrons.